The molecule has 19 heavy (non-hydrogen) atoms. The fourth-order valence-electron chi connectivity index (χ4n) is 1.52. The fraction of sp³-hybridized carbons (Fsp3) is 0.154. The van der Waals surface area contributed by atoms with E-state index in [1.165, 1.54) is 7.11 Å². The molecule has 0 saturated heterocycles. The molecule has 0 amide bonds. The van der Waals surface area contributed by atoms with Crippen molar-refractivity contribution in [1.29, 1.82) is 0 Å². The quantitative estimate of drug-likeness (QED) is 0.612. The fourth-order valence-corrected chi connectivity index (χ4v) is 1.88. The molecule has 0 aliphatic carbocycles. The molecule has 0 radical (unpaired) electrons. The van der Waals surface area contributed by atoms with Crippen molar-refractivity contribution in [3.05, 3.63) is 46.3 Å². The highest BCUT2D eigenvalue weighted by molar-refractivity contribution is 14.1. The monoisotopic (exact) mass is 369 g/mol. The van der Waals surface area contributed by atoms with E-state index < -0.39 is 0 Å². The van der Waals surface area contributed by atoms with Gasteiger partial charge in [-0.25, -0.2) is 9.97 Å². The van der Waals surface area contributed by atoms with Gasteiger partial charge in [0.15, 0.2) is 0 Å². The second-order valence-corrected chi connectivity index (χ2v) is 4.93. The van der Waals surface area contributed by atoms with Crippen molar-refractivity contribution in [2.75, 3.05) is 18.6 Å². The maximum atomic E-state index is 11.5. The van der Waals surface area contributed by atoms with Crippen LogP contribution in [0.15, 0.2) is 42.7 Å². The maximum absolute atomic E-state index is 11.5. The summed E-state index contributed by atoms with van der Waals surface area (Å²) in [7, 11) is 1.36. The number of nitrogens with zero attached hydrogens (tertiary/aromatic N) is 3. The normalized spacial score (nSPS) is 10.0. The van der Waals surface area contributed by atoms with Crippen LogP contribution in [0.2, 0.25) is 0 Å². The summed E-state index contributed by atoms with van der Waals surface area (Å²) in [5.74, 6) is 0.125. The highest BCUT2D eigenvalue weighted by Gasteiger charge is 2.16. The lowest BCUT2D eigenvalue weighted by atomic mass is 10.3. The molecule has 0 bridgehead atoms. The summed E-state index contributed by atoms with van der Waals surface area (Å²) in [5.41, 5.74) is 0.844. The molecule has 1 heterocycles. The second-order valence-electron chi connectivity index (χ2n) is 3.69. The number of carbonyl (C=O) groups is 1. The number of ether oxygens (including phenoxy) is 1. The molecule has 98 valence electrons. The average Bonchev–Trinajstić information content (AvgIpc) is 2.46. The van der Waals surface area contributed by atoms with Crippen molar-refractivity contribution in [3.8, 4) is 0 Å². The van der Waals surface area contributed by atoms with Gasteiger partial charge >= 0.3 is 5.97 Å². The first kappa shape index (κ1) is 13.7. The molecule has 0 aliphatic heterocycles. The second kappa shape index (κ2) is 6.46. The van der Waals surface area contributed by atoms with E-state index in [1.807, 2.05) is 24.3 Å². The topological polar surface area (TPSA) is 55.3 Å². The van der Waals surface area contributed by atoms with Crippen molar-refractivity contribution in [2.45, 2.75) is 0 Å². The Morgan fingerprint density at radius 3 is 2.47 bits per heavy atom. The minimum Gasteiger partial charge on any atom is -0.468 e. The number of hydrogen-bond donors (Lipinski definition) is 0. The van der Waals surface area contributed by atoms with Gasteiger partial charge in [0.25, 0.3) is 0 Å². The Bertz CT molecular complexity index is 546. The van der Waals surface area contributed by atoms with Gasteiger partial charge in [-0.05, 0) is 52.9 Å². The number of methoxy groups -OCH3 is 1. The Labute approximate surface area is 124 Å². The summed E-state index contributed by atoms with van der Waals surface area (Å²) in [5, 5.41) is 0. The number of esters is 1. The lowest BCUT2D eigenvalue weighted by molar-refractivity contribution is -0.138. The minimum absolute atomic E-state index is 0.0705. The molecule has 1 aromatic heterocycles. The summed E-state index contributed by atoms with van der Waals surface area (Å²) < 4.78 is 5.83. The molecule has 0 fully saturated rings. The molecule has 0 aliphatic rings. The molecule has 2 rings (SSSR count). The van der Waals surface area contributed by atoms with Crippen molar-refractivity contribution in [2.24, 2.45) is 0 Å². The highest BCUT2D eigenvalue weighted by atomic mass is 127. The summed E-state index contributed by atoms with van der Waals surface area (Å²) in [6, 6.07) is 9.49. The lowest BCUT2D eigenvalue weighted by Crippen LogP contribution is -2.27. The molecular formula is C13H12IN3O2. The standard InChI is InChI=1S/C13H12IN3O2/c1-19-12(18)9-17(13-15-7-2-8-16-13)11-5-3-10(14)4-6-11/h2-8H,9H2,1H3. The van der Waals surface area contributed by atoms with Crippen LogP contribution in [-0.2, 0) is 9.53 Å². The van der Waals surface area contributed by atoms with Gasteiger partial charge in [0.05, 0.1) is 7.11 Å². The Morgan fingerprint density at radius 2 is 1.89 bits per heavy atom. The molecule has 0 atom stereocenters. The van der Waals surface area contributed by atoms with Gasteiger partial charge in [-0.15, -0.1) is 0 Å². The molecular weight excluding hydrogens is 357 g/mol. The predicted molar refractivity (Wildman–Crippen MR) is 80.2 cm³/mol. The van der Waals surface area contributed by atoms with E-state index in [2.05, 4.69) is 32.6 Å². The molecule has 0 unspecified atom stereocenters. The van der Waals surface area contributed by atoms with Crippen LogP contribution in [-0.4, -0.2) is 29.6 Å². The van der Waals surface area contributed by atoms with E-state index in [9.17, 15) is 4.79 Å². The van der Waals surface area contributed by atoms with Crippen LogP contribution < -0.4 is 4.90 Å². The Balaban J connectivity index is 2.34. The third kappa shape index (κ3) is 3.63. The predicted octanol–water partition coefficient (Wildman–Crippen LogP) is 2.39. The van der Waals surface area contributed by atoms with E-state index in [4.69, 9.17) is 4.74 Å². The van der Waals surface area contributed by atoms with Crippen molar-refractivity contribution < 1.29 is 9.53 Å². The van der Waals surface area contributed by atoms with Gasteiger partial charge in [0.2, 0.25) is 5.95 Å². The third-order valence-electron chi connectivity index (χ3n) is 2.45. The first-order valence-corrected chi connectivity index (χ1v) is 6.65. The van der Waals surface area contributed by atoms with Crippen LogP contribution >= 0.6 is 22.6 Å². The first-order chi connectivity index (χ1) is 9.20. The summed E-state index contributed by atoms with van der Waals surface area (Å²) in [6.45, 7) is 0.0705. The summed E-state index contributed by atoms with van der Waals surface area (Å²) >= 11 is 2.23. The van der Waals surface area contributed by atoms with Crippen LogP contribution in [0.25, 0.3) is 0 Å². The average molecular weight is 369 g/mol. The zero-order chi connectivity index (χ0) is 13.7. The Hall–Kier alpha value is -1.70. The zero-order valence-corrected chi connectivity index (χ0v) is 12.4. The highest BCUT2D eigenvalue weighted by Crippen LogP contribution is 2.22. The lowest BCUT2D eigenvalue weighted by Gasteiger charge is -2.21. The molecule has 0 spiro atoms. The van der Waals surface area contributed by atoms with Crippen LogP contribution in [0.5, 0.6) is 0 Å². The van der Waals surface area contributed by atoms with E-state index in [1.54, 1.807) is 23.4 Å². The SMILES string of the molecule is COC(=O)CN(c1ccc(I)cc1)c1ncccn1. The molecule has 6 heteroatoms. The third-order valence-corrected chi connectivity index (χ3v) is 3.17. The number of halogens is 1. The number of anilines is 2. The van der Waals surface area contributed by atoms with Gasteiger partial charge in [0, 0.05) is 21.7 Å². The van der Waals surface area contributed by atoms with Gasteiger partial charge in [-0.3, -0.25) is 9.69 Å². The van der Waals surface area contributed by atoms with E-state index in [-0.39, 0.29) is 12.5 Å². The van der Waals surface area contributed by atoms with Crippen LogP contribution in [0.1, 0.15) is 0 Å². The van der Waals surface area contributed by atoms with Crippen molar-refractivity contribution in [1.82, 2.24) is 9.97 Å². The van der Waals surface area contributed by atoms with Crippen molar-refractivity contribution in [3.63, 3.8) is 0 Å². The molecule has 1 aromatic carbocycles. The molecule has 0 saturated carbocycles. The molecule has 5 nitrogen and oxygen atoms in total. The summed E-state index contributed by atoms with van der Waals surface area (Å²) in [6.07, 6.45) is 3.28. The van der Waals surface area contributed by atoms with Crippen LogP contribution in [0.3, 0.4) is 0 Å². The Morgan fingerprint density at radius 1 is 1.26 bits per heavy atom. The number of hydrogen-bond acceptors (Lipinski definition) is 5. The van der Waals surface area contributed by atoms with E-state index in [0.29, 0.717) is 5.95 Å². The van der Waals surface area contributed by atoms with Gasteiger partial charge in [0.1, 0.15) is 6.54 Å². The number of rotatable bonds is 4. The van der Waals surface area contributed by atoms with Gasteiger partial charge < -0.3 is 4.74 Å². The van der Waals surface area contributed by atoms with Crippen LogP contribution in [0, 0.1) is 3.57 Å². The minimum atomic E-state index is -0.342. The first-order valence-electron chi connectivity index (χ1n) is 5.57. The van der Waals surface area contributed by atoms with Crippen LogP contribution in [0.4, 0.5) is 11.6 Å². The Kier molecular flexibility index (Phi) is 4.67. The summed E-state index contributed by atoms with van der Waals surface area (Å²) in [4.78, 5) is 21.6. The maximum Gasteiger partial charge on any atom is 0.325 e. The zero-order valence-electron chi connectivity index (χ0n) is 10.3. The molecule has 2 aromatic rings. The smallest absolute Gasteiger partial charge is 0.325 e. The van der Waals surface area contributed by atoms with Gasteiger partial charge in [-0.1, -0.05) is 0 Å². The van der Waals surface area contributed by atoms with Crippen molar-refractivity contribution >= 4 is 40.2 Å². The largest absolute Gasteiger partial charge is 0.468 e. The van der Waals surface area contributed by atoms with Gasteiger partial charge in [-0.2, -0.15) is 0 Å². The number of aromatic nitrogens is 2. The van der Waals surface area contributed by atoms with E-state index >= 15 is 0 Å². The van der Waals surface area contributed by atoms with E-state index in [0.717, 1.165) is 9.26 Å². The number of benzene rings is 1. The number of carbonyl (C=O) groups excluding carboxylic acids is 1. The molecule has 0 N–H and O–H groups in total.